The van der Waals surface area contributed by atoms with E-state index in [9.17, 15) is 8.78 Å². The summed E-state index contributed by atoms with van der Waals surface area (Å²) < 4.78 is 38.9. The Balaban J connectivity index is 0. The van der Waals surface area contributed by atoms with Gasteiger partial charge in [0.25, 0.3) is 0 Å². The molecule has 0 saturated carbocycles. The molecule has 0 aromatic carbocycles. The molecule has 0 amide bonds. The molecule has 76 valence electrons. The highest BCUT2D eigenvalue weighted by Crippen LogP contribution is 2.12. The minimum atomic E-state index is -3.42. The van der Waals surface area contributed by atoms with E-state index in [2.05, 4.69) is 18.9 Å². The van der Waals surface area contributed by atoms with Crippen LogP contribution < -0.4 is 0 Å². The van der Waals surface area contributed by atoms with Gasteiger partial charge in [-0.05, 0) is 0 Å². The third-order valence-electron chi connectivity index (χ3n) is 0.711. The SMILES string of the molecule is COC(F)(F)OC.COCOC. The van der Waals surface area contributed by atoms with Crippen molar-refractivity contribution in [3.63, 3.8) is 0 Å². The zero-order chi connectivity index (χ0) is 10.0. The third-order valence-corrected chi connectivity index (χ3v) is 0.711. The number of methoxy groups -OCH3 is 4. The van der Waals surface area contributed by atoms with Crippen LogP contribution in [-0.4, -0.2) is 41.5 Å². The largest absolute Gasteiger partial charge is 0.484 e. The maximum Gasteiger partial charge on any atom is 0.484 e. The second-order valence-electron chi connectivity index (χ2n) is 1.57. The van der Waals surface area contributed by atoms with Crippen molar-refractivity contribution < 1.29 is 27.7 Å². The lowest BCUT2D eigenvalue weighted by Crippen LogP contribution is -2.20. The van der Waals surface area contributed by atoms with E-state index >= 15 is 0 Å². The Labute approximate surface area is 70.4 Å². The zero-order valence-electron chi connectivity index (χ0n) is 7.60. The van der Waals surface area contributed by atoms with Gasteiger partial charge in [-0.1, -0.05) is 0 Å². The predicted molar refractivity (Wildman–Crippen MR) is 37.9 cm³/mol. The molecule has 0 N–H and O–H groups in total. The Morgan fingerprint density at radius 2 is 1.25 bits per heavy atom. The summed E-state index contributed by atoms with van der Waals surface area (Å²) in [4.78, 5) is 0. The summed E-state index contributed by atoms with van der Waals surface area (Å²) in [6, 6.07) is 0. The van der Waals surface area contributed by atoms with Crippen molar-refractivity contribution in [2.24, 2.45) is 0 Å². The van der Waals surface area contributed by atoms with E-state index in [1.54, 1.807) is 14.2 Å². The summed E-state index contributed by atoms with van der Waals surface area (Å²) >= 11 is 0. The van der Waals surface area contributed by atoms with Crippen molar-refractivity contribution in [1.29, 1.82) is 0 Å². The van der Waals surface area contributed by atoms with Gasteiger partial charge in [-0.3, -0.25) is 9.47 Å². The number of rotatable bonds is 4. The quantitative estimate of drug-likeness (QED) is 0.618. The fourth-order valence-electron chi connectivity index (χ4n) is 0.201. The first-order chi connectivity index (χ1) is 5.54. The molecule has 0 aliphatic carbocycles. The monoisotopic (exact) mass is 188 g/mol. The molecule has 0 aliphatic rings. The Morgan fingerprint density at radius 1 is 0.917 bits per heavy atom. The second-order valence-corrected chi connectivity index (χ2v) is 1.57. The minimum Gasteiger partial charge on any atom is -0.359 e. The predicted octanol–water partition coefficient (Wildman–Crippen LogP) is 1.07. The highest BCUT2D eigenvalue weighted by molar-refractivity contribution is 4.20. The minimum absolute atomic E-state index is 0.389. The highest BCUT2D eigenvalue weighted by atomic mass is 19.3. The molecular formula is C6H14F2O4. The van der Waals surface area contributed by atoms with Gasteiger partial charge >= 0.3 is 6.29 Å². The average molecular weight is 188 g/mol. The number of ether oxygens (including phenoxy) is 4. The summed E-state index contributed by atoms with van der Waals surface area (Å²) in [6.07, 6.45) is -3.42. The van der Waals surface area contributed by atoms with Gasteiger partial charge in [0.05, 0.1) is 0 Å². The molecule has 0 aliphatic heterocycles. The molecule has 0 fully saturated rings. The van der Waals surface area contributed by atoms with E-state index < -0.39 is 6.29 Å². The van der Waals surface area contributed by atoms with Crippen LogP contribution in [0.15, 0.2) is 0 Å². The summed E-state index contributed by atoms with van der Waals surface area (Å²) in [5.74, 6) is 0. The maximum atomic E-state index is 11.4. The van der Waals surface area contributed by atoms with Crippen LogP contribution in [0, 0.1) is 0 Å². The van der Waals surface area contributed by atoms with Crippen molar-refractivity contribution in [3.05, 3.63) is 0 Å². The van der Waals surface area contributed by atoms with Crippen molar-refractivity contribution in [2.75, 3.05) is 35.2 Å². The smallest absolute Gasteiger partial charge is 0.359 e. The molecule has 0 radical (unpaired) electrons. The van der Waals surface area contributed by atoms with Gasteiger partial charge in [-0.15, -0.1) is 8.78 Å². The maximum absolute atomic E-state index is 11.4. The van der Waals surface area contributed by atoms with Crippen LogP contribution in [0.5, 0.6) is 0 Å². The Kier molecular flexibility index (Phi) is 10.4. The summed E-state index contributed by atoms with van der Waals surface area (Å²) in [6.45, 7) is 0.389. The normalized spacial score (nSPS) is 10.5. The molecule has 6 heteroatoms. The van der Waals surface area contributed by atoms with Crippen molar-refractivity contribution in [2.45, 2.75) is 6.29 Å². The van der Waals surface area contributed by atoms with Gasteiger partial charge in [0, 0.05) is 28.4 Å². The Morgan fingerprint density at radius 3 is 1.25 bits per heavy atom. The lowest BCUT2D eigenvalue weighted by atomic mass is 11.2. The lowest BCUT2D eigenvalue weighted by molar-refractivity contribution is -0.372. The van der Waals surface area contributed by atoms with Crippen LogP contribution in [0.25, 0.3) is 0 Å². The summed E-state index contributed by atoms with van der Waals surface area (Å²) in [5.41, 5.74) is 0. The van der Waals surface area contributed by atoms with Gasteiger partial charge < -0.3 is 9.47 Å². The second kappa shape index (κ2) is 8.79. The fourth-order valence-corrected chi connectivity index (χ4v) is 0.201. The van der Waals surface area contributed by atoms with Crippen LogP contribution in [0.4, 0.5) is 8.78 Å². The van der Waals surface area contributed by atoms with Crippen molar-refractivity contribution in [3.8, 4) is 0 Å². The number of hydrogen-bond acceptors (Lipinski definition) is 4. The lowest BCUT2D eigenvalue weighted by Gasteiger charge is -2.08. The van der Waals surface area contributed by atoms with Gasteiger partial charge in [0.2, 0.25) is 0 Å². The highest BCUT2D eigenvalue weighted by Gasteiger charge is 2.26. The van der Waals surface area contributed by atoms with Crippen LogP contribution in [0.1, 0.15) is 0 Å². The average Bonchev–Trinajstić information content (AvgIpc) is 2.07. The third kappa shape index (κ3) is 12.4. The first-order valence-electron chi connectivity index (χ1n) is 3.00. The zero-order valence-corrected chi connectivity index (χ0v) is 7.60. The standard InChI is InChI=1S/C3H6F2O2.C3H8O2/c1-6-3(4,5)7-2;1-4-3-5-2/h1-2H3;3H2,1-2H3. The molecule has 0 heterocycles. The molecule has 0 aromatic heterocycles. The topological polar surface area (TPSA) is 36.9 Å². The molecule has 0 aromatic rings. The van der Waals surface area contributed by atoms with Gasteiger partial charge in [-0.2, -0.15) is 0 Å². The van der Waals surface area contributed by atoms with E-state index in [1.165, 1.54) is 0 Å². The van der Waals surface area contributed by atoms with Gasteiger partial charge in [0.1, 0.15) is 6.79 Å². The van der Waals surface area contributed by atoms with E-state index in [0.717, 1.165) is 14.2 Å². The molecule has 0 atom stereocenters. The molecule has 4 nitrogen and oxygen atoms in total. The molecule has 0 bridgehead atoms. The van der Waals surface area contributed by atoms with Crippen LogP contribution in [-0.2, 0) is 18.9 Å². The fraction of sp³-hybridized carbons (Fsp3) is 1.00. The van der Waals surface area contributed by atoms with Crippen molar-refractivity contribution in [1.82, 2.24) is 0 Å². The van der Waals surface area contributed by atoms with E-state index in [-0.39, 0.29) is 0 Å². The number of hydrogen-bond donors (Lipinski definition) is 0. The summed E-state index contributed by atoms with van der Waals surface area (Å²) in [7, 11) is 4.90. The Hall–Kier alpha value is -0.300. The molecule has 0 unspecified atom stereocenters. The van der Waals surface area contributed by atoms with E-state index in [0.29, 0.717) is 6.79 Å². The summed E-state index contributed by atoms with van der Waals surface area (Å²) in [5, 5.41) is 0. The number of alkyl halides is 2. The Bertz CT molecular complexity index is 81.6. The molecule has 12 heavy (non-hydrogen) atoms. The first-order valence-corrected chi connectivity index (χ1v) is 3.00. The molecular weight excluding hydrogens is 174 g/mol. The van der Waals surface area contributed by atoms with Gasteiger partial charge in [-0.25, -0.2) is 0 Å². The molecule has 0 saturated heterocycles. The van der Waals surface area contributed by atoms with Crippen molar-refractivity contribution >= 4 is 0 Å². The van der Waals surface area contributed by atoms with E-state index in [4.69, 9.17) is 0 Å². The number of halogens is 2. The molecule has 0 rings (SSSR count). The van der Waals surface area contributed by atoms with E-state index in [1.807, 2.05) is 0 Å². The van der Waals surface area contributed by atoms with Gasteiger partial charge in [0.15, 0.2) is 0 Å². The van der Waals surface area contributed by atoms with Crippen LogP contribution >= 0.6 is 0 Å². The van der Waals surface area contributed by atoms with Crippen LogP contribution in [0.2, 0.25) is 0 Å². The van der Waals surface area contributed by atoms with Crippen LogP contribution in [0.3, 0.4) is 0 Å². The first kappa shape index (κ1) is 14.2. The molecule has 0 spiro atoms.